The van der Waals surface area contributed by atoms with Gasteiger partial charge in [-0.3, -0.25) is 29.6 Å². The smallest absolute Gasteiger partial charge is 0.269 e. The number of hydrogen-bond donors (Lipinski definition) is 1. The van der Waals surface area contributed by atoms with Crippen LogP contribution in [0.15, 0.2) is 66.9 Å². The molecular weight excluding hydrogens is 471 g/mol. The minimum absolute atomic E-state index is 0.0907. The van der Waals surface area contributed by atoms with Crippen LogP contribution in [0.5, 0.6) is 0 Å². The van der Waals surface area contributed by atoms with Gasteiger partial charge in [-0.1, -0.05) is 18.2 Å². The predicted octanol–water partition coefficient (Wildman–Crippen LogP) is 3.95. The van der Waals surface area contributed by atoms with Crippen LogP contribution < -0.4 is 5.32 Å². The molecule has 3 aliphatic heterocycles. The summed E-state index contributed by atoms with van der Waals surface area (Å²) in [4.78, 5) is 45.3. The van der Waals surface area contributed by atoms with Crippen molar-refractivity contribution in [3.63, 3.8) is 0 Å². The fourth-order valence-corrected chi connectivity index (χ4v) is 7.26. The zero-order valence-corrected chi connectivity index (χ0v) is 19.1. The molecule has 1 N–H and O–H groups in total. The van der Waals surface area contributed by atoms with Crippen molar-refractivity contribution in [2.45, 2.75) is 17.5 Å². The molecule has 2 saturated heterocycles. The molecule has 8 nitrogen and oxygen atoms in total. The van der Waals surface area contributed by atoms with E-state index in [1.165, 1.54) is 36.5 Å². The molecule has 0 aliphatic carbocycles. The standard InChI is InChI=1S/C25H19FN4O4S/c26-15-7-8-18-17(11-15)25(24(32)28-18)22(23(31)19-6-1-2-9-27-19)21(20-12-35-13-29(20)25)14-4-3-5-16(10-14)30(33)34/h1-11,20-22H,12-13H2,(H,28,32)/t20-,21+,22-,25+/m0/s1. The number of amides is 1. The molecule has 1 aromatic heterocycles. The first-order chi connectivity index (χ1) is 16.9. The fraction of sp³-hybridized carbons (Fsp3) is 0.240. The highest BCUT2D eigenvalue weighted by Gasteiger charge is 2.69. The van der Waals surface area contributed by atoms with Crippen LogP contribution in [0.3, 0.4) is 0 Å². The van der Waals surface area contributed by atoms with Crippen molar-refractivity contribution in [2.24, 2.45) is 5.92 Å². The molecule has 1 spiro atoms. The number of nitro benzene ring substituents is 1. The first-order valence-electron chi connectivity index (χ1n) is 11.1. The van der Waals surface area contributed by atoms with E-state index in [0.29, 0.717) is 28.4 Å². The van der Waals surface area contributed by atoms with Gasteiger partial charge in [-0.05, 0) is 35.9 Å². The van der Waals surface area contributed by atoms with Crippen molar-refractivity contribution in [1.82, 2.24) is 9.88 Å². The maximum Gasteiger partial charge on any atom is 0.269 e. The molecule has 0 saturated carbocycles. The number of non-ortho nitro benzene ring substituents is 1. The van der Waals surface area contributed by atoms with E-state index in [2.05, 4.69) is 10.3 Å². The molecular formula is C25H19FN4O4S. The summed E-state index contributed by atoms with van der Waals surface area (Å²) in [6.45, 7) is 0. The Morgan fingerprint density at radius 2 is 2.06 bits per heavy atom. The van der Waals surface area contributed by atoms with Crippen LogP contribution in [0.4, 0.5) is 15.8 Å². The summed E-state index contributed by atoms with van der Waals surface area (Å²) >= 11 is 1.62. The Kier molecular flexibility index (Phi) is 4.97. The van der Waals surface area contributed by atoms with Gasteiger partial charge < -0.3 is 5.32 Å². The molecule has 1 amide bonds. The first kappa shape index (κ1) is 21.9. The zero-order valence-electron chi connectivity index (χ0n) is 18.3. The Hall–Kier alpha value is -3.63. The van der Waals surface area contributed by atoms with Crippen LogP contribution in [0.25, 0.3) is 0 Å². The lowest BCUT2D eigenvalue weighted by Gasteiger charge is -2.36. The van der Waals surface area contributed by atoms with E-state index in [4.69, 9.17) is 0 Å². The van der Waals surface area contributed by atoms with Gasteiger partial charge in [0.25, 0.3) is 5.69 Å². The molecule has 0 unspecified atom stereocenters. The minimum Gasteiger partial charge on any atom is -0.324 e. The average Bonchev–Trinajstić information content (AvgIpc) is 3.52. The number of carbonyl (C=O) groups excluding carboxylic acids is 2. The monoisotopic (exact) mass is 490 g/mol. The van der Waals surface area contributed by atoms with Crippen molar-refractivity contribution in [3.8, 4) is 0 Å². The van der Waals surface area contributed by atoms with E-state index < -0.39 is 34.0 Å². The second kappa shape index (κ2) is 7.96. The van der Waals surface area contributed by atoms with Crippen molar-refractivity contribution in [2.75, 3.05) is 16.9 Å². The molecule has 35 heavy (non-hydrogen) atoms. The van der Waals surface area contributed by atoms with Crippen molar-refractivity contribution in [3.05, 3.63) is 99.6 Å². The zero-order chi connectivity index (χ0) is 24.3. The summed E-state index contributed by atoms with van der Waals surface area (Å²) in [5.74, 6) is -1.68. The topological polar surface area (TPSA) is 105 Å². The Balaban J connectivity index is 1.63. The summed E-state index contributed by atoms with van der Waals surface area (Å²) in [7, 11) is 0. The summed E-state index contributed by atoms with van der Waals surface area (Å²) < 4.78 is 14.5. The first-order valence-corrected chi connectivity index (χ1v) is 12.2. The number of aromatic nitrogens is 1. The van der Waals surface area contributed by atoms with Crippen molar-refractivity contribution >= 4 is 34.8 Å². The Labute approximate surface area is 203 Å². The second-order valence-corrected chi connectivity index (χ2v) is 9.88. The van der Waals surface area contributed by atoms with E-state index in [1.54, 1.807) is 42.1 Å². The Morgan fingerprint density at radius 1 is 1.20 bits per heavy atom. The van der Waals surface area contributed by atoms with E-state index in [9.17, 15) is 24.1 Å². The van der Waals surface area contributed by atoms with E-state index >= 15 is 0 Å². The molecule has 6 rings (SSSR count). The molecule has 2 aromatic carbocycles. The number of nitrogens with one attached hydrogen (secondary N) is 1. The number of halogens is 1. The number of benzene rings is 2. The third-order valence-electron chi connectivity index (χ3n) is 7.25. The molecule has 3 aromatic rings. The summed E-state index contributed by atoms with van der Waals surface area (Å²) in [6.07, 6.45) is 1.51. The van der Waals surface area contributed by atoms with Crippen LogP contribution >= 0.6 is 11.8 Å². The van der Waals surface area contributed by atoms with Crippen LogP contribution in [-0.4, -0.2) is 44.2 Å². The number of rotatable bonds is 4. The van der Waals surface area contributed by atoms with Crippen LogP contribution in [0.1, 0.15) is 27.5 Å². The predicted molar refractivity (Wildman–Crippen MR) is 128 cm³/mol. The average molecular weight is 491 g/mol. The summed E-state index contributed by atoms with van der Waals surface area (Å²) in [6, 6.07) is 15.1. The van der Waals surface area contributed by atoms with Crippen molar-refractivity contribution < 1.29 is 18.9 Å². The molecule has 4 atom stereocenters. The van der Waals surface area contributed by atoms with Gasteiger partial charge in [0, 0.05) is 53.2 Å². The minimum atomic E-state index is -1.46. The van der Waals surface area contributed by atoms with Gasteiger partial charge in [-0.25, -0.2) is 4.39 Å². The Bertz CT molecular complexity index is 1390. The highest BCUT2D eigenvalue weighted by molar-refractivity contribution is 7.99. The van der Waals surface area contributed by atoms with Gasteiger partial charge >= 0.3 is 0 Å². The lowest BCUT2D eigenvalue weighted by Crippen LogP contribution is -2.52. The molecule has 176 valence electrons. The number of anilines is 1. The van der Waals surface area contributed by atoms with Gasteiger partial charge in [0.15, 0.2) is 5.78 Å². The molecule has 0 bridgehead atoms. The number of nitrogens with zero attached hydrogens (tertiary/aromatic N) is 3. The third-order valence-corrected chi connectivity index (χ3v) is 8.29. The molecule has 3 aliphatic rings. The van der Waals surface area contributed by atoms with Crippen molar-refractivity contribution in [1.29, 1.82) is 0 Å². The maximum atomic E-state index is 14.5. The lowest BCUT2D eigenvalue weighted by molar-refractivity contribution is -0.384. The lowest BCUT2D eigenvalue weighted by atomic mass is 9.70. The highest BCUT2D eigenvalue weighted by atomic mass is 32.2. The number of fused-ring (bicyclic) bond motifs is 4. The van der Waals surface area contributed by atoms with Crippen LogP contribution in [-0.2, 0) is 10.3 Å². The molecule has 0 radical (unpaired) electrons. The largest absolute Gasteiger partial charge is 0.324 e. The van der Waals surface area contributed by atoms with Gasteiger partial charge in [-0.15, -0.1) is 11.8 Å². The quantitative estimate of drug-likeness (QED) is 0.335. The summed E-state index contributed by atoms with van der Waals surface area (Å²) in [5.41, 5.74) is 0.115. The third kappa shape index (κ3) is 3.06. The normalized spacial score (nSPS) is 27.0. The maximum absolute atomic E-state index is 14.5. The van der Waals surface area contributed by atoms with Gasteiger partial charge in [0.05, 0.1) is 10.8 Å². The molecule has 10 heteroatoms. The highest BCUT2D eigenvalue weighted by Crippen LogP contribution is 2.61. The molecule has 2 fully saturated rings. The fourth-order valence-electron chi connectivity index (χ4n) is 5.93. The number of ketones is 1. The van der Waals surface area contributed by atoms with Gasteiger partial charge in [0.1, 0.15) is 17.1 Å². The Morgan fingerprint density at radius 3 is 2.83 bits per heavy atom. The number of hydrogen-bond acceptors (Lipinski definition) is 7. The summed E-state index contributed by atoms with van der Waals surface area (Å²) in [5, 5.41) is 14.4. The number of pyridine rings is 1. The number of Topliss-reactive ketones (excluding diaryl/α,β-unsaturated/α-hetero) is 1. The van der Waals surface area contributed by atoms with Crippen LogP contribution in [0, 0.1) is 21.8 Å². The van der Waals surface area contributed by atoms with Gasteiger partial charge in [-0.2, -0.15) is 0 Å². The van der Waals surface area contributed by atoms with Gasteiger partial charge in [0.2, 0.25) is 5.91 Å². The van der Waals surface area contributed by atoms with Crippen LogP contribution in [0.2, 0.25) is 0 Å². The van der Waals surface area contributed by atoms with E-state index in [-0.39, 0.29) is 23.2 Å². The number of nitro groups is 1. The van der Waals surface area contributed by atoms with E-state index in [0.717, 1.165) is 0 Å². The number of thioether (sulfide) groups is 1. The number of carbonyl (C=O) groups is 2. The SMILES string of the molecule is O=C(c1ccccn1)[C@@H]1[C@H](c2cccc([N+](=O)[O-])c2)[C@@H]2CSCN2[C@@]12C(=O)Nc1ccc(F)cc12. The van der Waals surface area contributed by atoms with E-state index in [1.807, 2.05) is 4.90 Å². The molecule has 4 heterocycles. The second-order valence-electron chi connectivity index (χ2n) is 8.88.